The molecule has 110 valence electrons. The molecule has 1 saturated heterocycles. The standard InChI is InChI=1S/C14H18FNO4/c1-19-12-7-16(8-13(12)20-2)6-10-5-9(14(17)18)3-4-11(10)15/h3-5,12-13H,6-8H2,1-2H3,(H,17,18). The lowest BCUT2D eigenvalue weighted by molar-refractivity contribution is -0.00461. The summed E-state index contributed by atoms with van der Waals surface area (Å²) in [5.74, 6) is -1.46. The number of halogens is 1. The number of methoxy groups -OCH3 is 2. The first-order chi connectivity index (χ1) is 9.55. The van der Waals surface area contributed by atoms with E-state index in [1.807, 2.05) is 4.90 Å². The third-order valence-corrected chi connectivity index (χ3v) is 3.58. The number of rotatable bonds is 5. The number of carbonyl (C=O) groups is 1. The predicted molar refractivity (Wildman–Crippen MR) is 70.2 cm³/mol. The van der Waals surface area contributed by atoms with Gasteiger partial charge in [0.05, 0.1) is 17.8 Å². The van der Waals surface area contributed by atoms with Gasteiger partial charge in [-0.2, -0.15) is 0 Å². The van der Waals surface area contributed by atoms with Crippen LogP contribution in [0.3, 0.4) is 0 Å². The van der Waals surface area contributed by atoms with E-state index in [-0.39, 0.29) is 17.8 Å². The Hall–Kier alpha value is -1.50. The van der Waals surface area contributed by atoms with Crippen molar-refractivity contribution in [2.45, 2.75) is 18.8 Å². The minimum atomic E-state index is -1.06. The molecule has 0 radical (unpaired) electrons. The summed E-state index contributed by atoms with van der Waals surface area (Å²) in [6.45, 7) is 1.60. The fraction of sp³-hybridized carbons (Fsp3) is 0.500. The largest absolute Gasteiger partial charge is 0.478 e. The first-order valence-corrected chi connectivity index (χ1v) is 6.34. The number of ether oxygens (including phenoxy) is 2. The van der Waals surface area contributed by atoms with Crippen molar-refractivity contribution < 1.29 is 23.8 Å². The van der Waals surface area contributed by atoms with Crippen LogP contribution in [-0.2, 0) is 16.0 Å². The Morgan fingerprint density at radius 3 is 2.45 bits per heavy atom. The monoisotopic (exact) mass is 283 g/mol. The normalized spacial score (nSPS) is 23.1. The van der Waals surface area contributed by atoms with Crippen LogP contribution in [0.1, 0.15) is 15.9 Å². The lowest BCUT2D eigenvalue weighted by Crippen LogP contribution is -2.27. The zero-order valence-corrected chi connectivity index (χ0v) is 11.5. The predicted octanol–water partition coefficient (Wildman–Crippen LogP) is 1.37. The molecule has 0 amide bonds. The minimum Gasteiger partial charge on any atom is -0.478 e. The van der Waals surface area contributed by atoms with Crippen LogP contribution in [-0.4, -0.2) is 55.5 Å². The van der Waals surface area contributed by atoms with Crippen molar-refractivity contribution in [1.29, 1.82) is 0 Å². The topological polar surface area (TPSA) is 59.0 Å². The van der Waals surface area contributed by atoms with Gasteiger partial charge in [0.25, 0.3) is 0 Å². The molecule has 2 rings (SSSR count). The highest BCUT2D eigenvalue weighted by atomic mass is 19.1. The van der Waals surface area contributed by atoms with Crippen LogP contribution in [0, 0.1) is 5.82 Å². The van der Waals surface area contributed by atoms with Gasteiger partial charge in [-0.05, 0) is 18.2 Å². The number of nitrogens with zero attached hydrogens (tertiary/aromatic N) is 1. The Morgan fingerprint density at radius 2 is 1.95 bits per heavy atom. The summed E-state index contributed by atoms with van der Waals surface area (Å²) in [6.07, 6.45) is -0.101. The summed E-state index contributed by atoms with van der Waals surface area (Å²) < 4.78 is 24.4. The molecule has 2 atom stereocenters. The van der Waals surface area contributed by atoms with Crippen molar-refractivity contribution in [1.82, 2.24) is 4.90 Å². The molecule has 0 spiro atoms. The molecule has 5 nitrogen and oxygen atoms in total. The Balaban J connectivity index is 2.11. The molecule has 1 aliphatic heterocycles. The van der Waals surface area contributed by atoms with E-state index in [2.05, 4.69) is 0 Å². The van der Waals surface area contributed by atoms with Crippen LogP contribution < -0.4 is 0 Å². The highest BCUT2D eigenvalue weighted by Crippen LogP contribution is 2.20. The molecule has 1 aromatic carbocycles. The van der Waals surface area contributed by atoms with E-state index < -0.39 is 11.8 Å². The van der Waals surface area contributed by atoms with E-state index in [0.29, 0.717) is 25.2 Å². The molecule has 0 saturated carbocycles. The van der Waals surface area contributed by atoms with Crippen LogP contribution >= 0.6 is 0 Å². The number of hydrogen-bond donors (Lipinski definition) is 1. The minimum absolute atomic E-state index is 0.0503. The fourth-order valence-electron chi connectivity index (χ4n) is 2.47. The van der Waals surface area contributed by atoms with Crippen molar-refractivity contribution in [3.63, 3.8) is 0 Å². The van der Waals surface area contributed by atoms with Crippen molar-refractivity contribution >= 4 is 5.97 Å². The summed E-state index contributed by atoms with van der Waals surface area (Å²) in [5.41, 5.74) is 0.462. The molecule has 20 heavy (non-hydrogen) atoms. The number of aromatic carboxylic acids is 1. The van der Waals surface area contributed by atoms with Crippen LogP contribution in [0.4, 0.5) is 4.39 Å². The lowest BCUT2D eigenvalue weighted by atomic mass is 10.1. The van der Waals surface area contributed by atoms with Gasteiger partial charge in [-0.15, -0.1) is 0 Å². The summed E-state index contributed by atoms with van der Waals surface area (Å²) in [7, 11) is 3.23. The summed E-state index contributed by atoms with van der Waals surface area (Å²) in [4.78, 5) is 12.9. The Labute approximate surface area is 116 Å². The number of carboxylic acid groups (broad SMARTS) is 1. The maximum absolute atomic E-state index is 13.8. The molecule has 1 fully saturated rings. The van der Waals surface area contributed by atoms with E-state index in [4.69, 9.17) is 14.6 Å². The number of hydrogen-bond acceptors (Lipinski definition) is 4. The van der Waals surface area contributed by atoms with Crippen molar-refractivity contribution in [2.75, 3.05) is 27.3 Å². The molecular formula is C14H18FNO4. The maximum Gasteiger partial charge on any atom is 0.335 e. The van der Waals surface area contributed by atoms with Gasteiger partial charge in [-0.25, -0.2) is 9.18 Å². The third kappa shape index (κ3) is 3.15. The SMILES string of the molecule is COC1CN(Cc2cc(C(=O)O)ccc2F)CC1OC. The molecular weight excluding hydrogens is 265 g/mol. The van der Waals surface area contributed by atoms with Gasteiger partial charge < -0.3 is 14.6 Å². The highest BCUT2D eigenvalue weighted by Gasteiger charge is 2.33. The number of carboxylic acids is 1. The smallest absolute Gasteiger partial charge is 0.335 e. The third-order valence-electron chi connectivity index (χ3n) is 3.58. The Morgan fingerprint density at radius 1 is 1.35 bits per heavy atom. The average molecular weight is 283 g/mol. The fourth-order valence-corrected chi connectivity index (χ4v) is 2.47. The molecule has 1 aliphatic rings. The molecule has 0 aromatic heterocycles. The van der Waals surface area contributed by atoms with Gasteiger partial charge in [0.15, 0.2) is 0 Å². The average Bonchev–Trinajstić information content (AvgIpc) is 2.83. The lowest BCUT2D eigenvalue weighted by Gasteiger charge is -2.16. The van der Waals surface area contributed by atoms with Gasteiger partial charge in [-0.1, -0.05) is 0 Å². The second-order valence-corrected chi connectivity index (χ2v) is 4.85. The summed E-state index contributed by atoms with van der Waals surface area (Å²) in [6, 6.07) is 3.83. The van der Waals surface area contributed by atoms with E-state index in [1.165, 1.54) is 18.2 Å². The van der Waals surface area contributed by atoms with Gasteiger partial charge in [-0.3, -0.25) is 4.90 Å². The zero-order chi connectivity index (χ0) is 14.7. The molecule has 1 heterocycles. The first-order valence-electron chi connectivity index (χ1n) is 6.34. The molecule has 1 aromatic rings. The van der Waals surface area contributed by atoms with E-state index in [0.717, 1.165) is 0 Å². The second kappa shape index (κ2) is 6.30. The van der Waals surface area contributed by atoms with Crippen LogP contribution in [0.15, 0.2) is 18.2 Å². The summed E-state index contributed by atoms with van der Waals surface area (Å²) >= 11 is 0. The van der Waals surface area contributed by atoms with E-state index >= 15 is 0 Å². The maximum atomic E-state index is 13.8. The van der Waals surface area contributed by atoms with E-state index in [1.54, 1.807) is 14.2 Å². The van der Waals surface area contributed by atoms with Gasteiger partial charge >= 0.3 is 5.97 Å². The molecule has 6 heteroatoms. The van der Waals surface area contributed by atoms with Crippen molar-refractivity contribution in [3.05, 3.63) is 35.1 Å². The molecule has 0 bridgehead atoms. The quantitative estimate of drug-likeness (QED) is 0.884. The van der Waals surface area contributed by atoms with Crippen LogP contribution in [0.2, 0.25) is 0 Å². The van der Waals surface area contributed by atoms with Crippen LogP contribution in [0.25, 0.3) is 0 Å². The highest BCUT2D eigenvalue weighted by molar-refractivity contribution is 5.87. The first kappa shape index (κ1) is 14.9. The summed E-state index contributed by atoms with van der Waals surface area (Å²) in [5, 5.41) is 8.95. The Bertz CT molecular complexity index is 482. The molecule has 1 N–H and O–H groups in total. The molecule has 2 unspecified atom stereocenters. The van der Waals surface area contributed by atoms with Gasteiger partial charge in [0.1, 0.15) is 5.82 Å². The number of benzene rings is 1. The second-order valence-electron chi connectivity index (χ2n) is 4.85. The molecule has 0 aliphatic carbocycles. The van der Waals surface area contributed by atoms with Crippen molar-refractivity contribution in [3.8, 4) is 0 Å². The van der Waals surface area contributed by atoms with Gasteiger partial charge in [0, 0.05) is 39.4 Å². The van der Waals surface area contributed by atoms with Crippen molar-refractivity contribution in [2.24, 2.45) is 0 Å². The number of likely N-dealkylation sites (tertiary alicyclic amines) is 1. The Kier molecular flexibility index (Phi) is 4.69. The van der Waals surface area contributed by atoms with Crippen LogP contribution in [0.5, 0.6) is 0 Å². The van der Waals surface area contributed by atoms with E-state index in [9.17, 15) is 9.18 Å². The van der Waals surface area contributed by atoms with Gasteiger partial charge in [0.2, 0.25) is 0 Å². The zero-order valence-electron chi connectivity index (χ0n) is 11.5.